The maximum atomic E-state index is 12.3. The van der Waals surface area contributed by atoms with E-state index >= 15 is 0 Å². The summed E-state index contributed by atoms with van der Waals surface area (Å²) in [5.41, 5.74) is 8.97. The van der Waals surface area contributed by atoms with Crippen molar-refractivity contribution in [3.63, 3.8) is 0 Å². The minimum absolute atomic E-state index is 0.316. The van der Waals surface area contributed by atoms with E-state index in [9.17, 15) is 4.39 Å². The maximum absolute atomic E-state index is 12.3. The highest BCUT2D eigenvalue weighted by atomic mass is 19.1. The molecule has 2 nitrogen and oxygen atoms in total. The first-order valence-electron chi connectivity index (χ1n) is 3.62. The highest BCUT2D eigenvalue weighted by Gasteiger charge is 1.99. The van der Waals surface area contributed by atoms with Gasteiger partial charge in [0.15, 0.2) is 1.37 Å². The average molecular weight is 151 g/mol. The first-order valence-corrected chi connectivity index (χ1v) is 3.12. The Morgan fingerprint density at radius 3 is 3.00 bits per heavy atom. The van der Waals surface area contributed by atoms with Crippen molar-refractivity contribution in [1.29, 1.82) is 0 Å². The Kier molecular flexibility index (Phi) is 2.07. The van der Waals surface area contributed by atoms with Gasteiger partial charge in [0.25, 0.3) is 6.19 Å². The van der Waals surface area contributed by atoms with Crippen LogP contribution in [-0.4, -0.2) is 11.0 Å². The van der Waals surface area contributed by atoms with Crippen molar-refractivity contribution in [2.75, 3.05) is 0 Å². The van der Waals surface area contributed by atoms with Gasteiger partial charge in [-0.2, -0.15) is 4.79 Å². The van der Waals surface area contributed by atoms with Gasteiger partial charge in [0.05, 0.1) is 5.56 Å². The molecule has 0 saturated heterocycles. The van der Waals surface area contributed by atoms with Gasteiger partial charge in [0.2, 0.25) is 0 Å². The van der Waals surface area contributed by atoms with Gasteiger partial charge in [0.1, 0.15) is 6.67 Å². The minimum atomic E-state index is -0.659. The van der Waals surface area contributed by atoms with Crippen molar-refractivity contribution >= 4 is 6.19 Å². The van der Waals surface area contributed by atoms with Gasteiger partial charge in [-0.05, 0) is 11.6 Å². The van der Waals surface area contributed by atoms with Gasteiger partial charge in [-0.15, -0.1) is 0 Å². The van der Waals surface area contributed by atoms with Crippen LogP contribution in [0.5, 0.6) is 0 Å². The number of halogens is 1. The van der Waals surface area contributed by atoms with Crippen LogP contribution in [0.2, 0.25) is 0 Å². The number of hydrogen-bond acceptors (Lipinski definition) is 0. The summed E-state index contributed by atoms with van der Waals surface area (Å²) in [6.45, 7) is -0.659. The highest BCUT2D eigenvalue weighted by molar-refractivity contribution is 5.77. The molecular weight excluding hydrogens is 143 g/mol. The lowest BCUT2D eigenvalue weighted by molar-refractivity contribution is 0.00448. The summed E-state index contributed by atoms with van der Waals surface area (Å²) in [5.74, 6) is 0. The fourth-order valence-electron chi connectivity index (χ4n) is 0.800. The van der Waals surface area contributed by atoms with Crippen LogP contribution in [0.4, 0.5) is 4.39 Å². The zero-order valence-corrected chi connectivity index (χ0v) is 5.79. The molecule has 0 amide bonds. The molecule has 0 fully saturated rings. The summed E-state index contributed by atoms with van der Waals surface area (Å²) >= 11 is 0. The van der Waals surface area contributed by atoms with Crippen LogP contribution in [0.15, 0.2) is 24.3 Å². The Bertz CT molecular complexity index is 332. The number of nitrogens with zero attached hydrogens (tertiary/aromatic N) is 2. The van der Waals surface area contributed by atoms with E-state index < -0.39 is 6.67 Å². The average Bonchev–Trinajstić information content (AvgIpc) is 2.16. The highest BCUT2D eigenvalue weighted by Crippen LogP contribution is 2.06. The molecule has 0 unspecified atom stereocenters. The van der Waals surface area contributed by atoms with Gasteiger partial charge in [-0.25, -0.2) is 4.39 Å². The fourth-order valence-corrected chi connectivity index (χ4v) is 0.800. The van der Waals surface area contributed by atoms with E-state index in [-0.39, 0.29) is 6.19 Å². The van der Waals surface area contributed by atoms with Crippen LogP contribution < -0.4 is 0 Å². The quantitative estimate of drug-likeness (QED) is 0.351. The van der Waals surface area contributed by atoms with Gasteiger partial charge in [0, 0.05) is 0 Å². The molecule has 0 saturated carbocycles. The second-order valence-electron chi connectivity index (χ2n) is 2.00. The van der Waals surface area contributed by atoms with Crippen LogP contribution in [0, 0.1) is 0 Å². The van der Waals surface area contributed by atoms with E-state index in [1.165, 1.54) is 6.07 Å². The SMILES string of the molecule is [2H]C(=[N+]=[N-])c1ccccc1CF. The Labute approximate surface area is 65.3 Å². The van der Waals surface area contributed by atoms with E-state index in [0.717, 1.165) is 0 Å². The largest absolute Gasteiger partial charge is 0.361 e. The molecule has 0 aromatic heterocycles. The van der Waals surface area contributed by atoms with Gasteiger partial charge in [-0.1, -0.05) is 18.2 Å². The lowest BCUT2D eigenvalue weighted by Gasteiger charge is -1.93. The van der Waals surface area contributed by atoms with E-state index in [4.69, 9.17) is 6.90 Å². The minimum Gasteiger partial charge on any atom is -0.361 e. The zero-order valence-electron chi connectivity index (χ0n) is 6.79. The molecule has 0 aliphatic heterocycles. The van der Waals surface area contributed by atoms with Crippen LogP contribution in [0.25, 0.3) is 5.53 Å². The molecule has 3 heteroatoms. The Balaban J connectivity index is 3.22. The van der Waals surface area contributed by atoms with Crippen LogP contribution >= 0.6 is 0 Å². The molecule has 1 aromatic carbocycles. The second-order valence-corrected chi connectivity index (χ2v) is 2.00. The molecule has 0 radical (unpaired) electrons. The molecule has 0 aliphatic carbocycles. The zero-order chi connectivity index (χ0) is 8.97. The molecule has 11 heavy (non-hydrogen) atoms. The van der Waals surface area contributed by atoms with Crippen molar-refractivity contribution in [2.24, 2.45) is 0 Å². The third kappa shape index (κ3) is 1.72. The summed E-state index contributed by atoms with van der Waals surface area (Å²) < 4.78 is 19.4. The lowest BCUT2D eigenvalue weighted by atomic mass is 10.1. The van der Waals surface area contributed by atoms with Crippen LogP contribution in [0.3, 0.4) is 0 Å². The number of benzene rings is 1. The number of alkyl halides is 1. The molecule has 0 atom stereocenters. The molecule has 0 spiro atoms. The molecule has 1 rings (SSSR count). The maximum Gasteiger partial charge on any atom is 0.288 e. The standard InChI is InChI=1S/C8H7FN2/c9-5-7-3-1-2-4-8(7)6-11-10/h1-4,6H,5H2/i6D. The second kappa shape index (κ2) is 3.64. The van der Waals surface area contributed by atoms with Crippen molar-refractivity contribution in [2.45, 2.75) is 6.67 Å². The Morgan fingerprint density at radius 1 is 1.64 bits per heavy atom. The topological polar surface area (TPSA) is 36.4 Å². The predicted octanol–water partition coefficient (Wildman–Crippen LogP) is 1.80. The monoisotopic (exact) mass is 151 g/mol. The van der Waals surface area contributed by atoms with Crippen molar-refractivity contribution in [1.82, 2.24) is 0 Å². The number of hydrogen-bond donors (Lipinski definition) is 0. The third-order valence-electron chi connectivity index (χ3n) is 1.33. The predicted molar refractivity (Wildman–Crippen MR) is 40.0 cm³/mol. The summed E-state index contributed by atoms with van der Waals surface area (Å²) in [4.78, 5) is 2.68. The number of rotatable bonds is 2. The van der Waals surface area contributed by atoms with Crippen LogP contribution in [0.1, 0.15) is 12.5 Å². The van der Waals surface area contributed by atoms with Gasteiger partial charge >= 0.3 is 0 Å². The van der Waals surface area contributed by atoms with E-state index in [2.05, 4.69) is 4.79 Å². The van der Waals surface area contributed by atoms with Gasteiger partial charge < -0.3 is 5.53 Å². The fraction of sp³-hybridized carbons (Fsp3) is 0.125. The first kappa shape index (κ1) is 6.25. The van der Waals surface area contributed by atoms with Crippen molar-refractivity contribution < 1.29 is 10.6 Å². The molecule has 0 N–H and O–H groups in total. The molecule has 0 aliphatic rings. The molecule has 0 heterocycles. The summed E-state index contributed by atoms with van der Waals surface area (Å²) in [7, 11) is 0. The first-order chi connectivity index (χ1) is 5.79. The smallest absolute Gasteiger partial charge is 0.288 e. The van der Waals surface area contributed by atoms with Crippen LogP contribution in [-0.2, 0) is 6.67 Å². The molecule has 1 aromatic rings. The van der Waals surface area contributed by atoms with Gasteiger partial charge in [-0.3, -0.25) is 0 Å². The summed E-state index contributed by atoms with van der Waals surface area (Å²) in [5, 5.41) is 0. The summed E-state index contributed by atoms with van der Waals surface area (Å²) in [6.07, 6.45) is -0.316. The third-order valence-corrected chi connectivity index (χ3v) is 1.33. The normalized spacial score (nSPS) is 10.1. The van der Waals surface area contributed by atoms with Crippen molar-refractivity contribution in [3.05, 3.63) is 40.9 Å². The van der Waals surface area contributed by atoms with E-state index in [0.29, 0.717) is 11.1 Å². The Morgan fingerprint density at radius 2 is 2.36 bits per heavy atom. The van der Waals surface area contributed by atoms with Crippen molar-refractivity contribution in [3.8, 4) is 0 Å². The molecule has 56 valence electrons. The van der Waals surface area contributed by atoms with E-state index in [1.54, 1.807) is 18.2 Å². The molecular formula is C8H7FN2. The molecule has 0 bridgehead atoms. The summed E-state index contributed by atoms with van der Waals surface area (Å²) in [6, 6.07) is 6.42. The Hall–Kier alpha value is -1.47. The van der Waals surface area contributed by atoms with E-state index in [1.807, 2.05) is 0 Å². The lowest BCUT2D eigenvalue weighted by Crippen LogP contribution is -1.89.